The van der Waals surface area contributed by atoms with Crippen molar-refractivity contribution in [3.05, 3.63) is 53.7 Å². The van der Waals surface area contributed by atoms with Gasteiger partial charge in [0.15, 0.2) is 0 Å². The van der Waals surface area contributed by atoms with Crippen LogP contribution in [0.5, 0.6) is 0 Å². The fourth-order valence-corrected chi connectivity index (χ4v) is 1.80. The number of anilines is 1. The SMILES string of the molecule is CC(Cc1ccco1)NC(=O)c1cc(N)ccc1F. The van der Waals surface area contributed by atoms with E-state index in [0.717, 1.165) is 5.76 Å². The molecule has 0 saturated carbocycles. The number of benzene rings is 1. The van der Waals surface area contributed by atoms with E-state index in [2.05, 4.69) is 5.32 Å². The van der Waals surface area contributed by atoms with Crippen molar-refractivity contribution in [3.8, 4) is 0 Å². The fourth-order valence-electron chi connectivity index (χ4n) is 1.80. The van der Waals surface area contributed by atoms with Crippen molar-refractivity contribution in [1.29, 1.82) is 0 Å². The quantitative estimate of drug-likeness (QED) is 0.831. The molecule has 3 N–H and O–H groups in total. The molecule has 1 aromatic heterocycles. The van der Waals surface area contributed by atoms with Crippen LogP contribution in [0.2, 0.25) is 0 Å². The molecule has 1 amide bonds. The first-order valence-corrected chi connectivity index (χ1v) is 5.94. The Balaban J connectivity index is 2.02. The summed E-state index contributed by atoms with van der Waals surface area (Å²) >= 11 is 0. The molecule has 2 rings (SSSR count). The van der Waals surface area contributed by atoms with Crippen LogP contribution in [0.15, 0.2) is 41.0 Å². The van der Waals surface area contributed by atoms with Crippen LogP contribution in [0.1, 0.15) is 23.0 Å². The van der Waals surface area contributed by atoms with E-state index in [0.29, 0.717) is 12.1 Å². The third-order valence-electron chi connectivity index (χ3n) is 2.70. The van der Waals surface area contributed by atoms with Crippen LogP contribution < -0.4 is 11.1 Å². The van der Waals surface area contributed by atoms with Gasteiger partial charge in [-0.2, -0.15) is 0 Å². The van der Waals surface area contributed by atoms with Crippen molar-refractivity contribution in [2.75, 3.05) is 5.73 Å². The highest BCUT2D eigenvalue weighted by Crippen LogP contribution is 2.12. The van der Waals surface area contributed by atoms with Gasteiger partial charge < -0.3 is 15.5 Å². The summed E-state index contributed by atoms with van der Waals surface area (Å²) in [4.78, 5) is 11.9. The first-order chi connectivity index (χ1) is 9.06. The Morgan fingerprint density at radius 3 is 2.95 bits per heavy atom. The van der Waals surface area contributed by atoms with Crippen molar-refractivity contribution in [2.24, 2.45) is 0 Å². The predicted octanol–water partition coefficient (Wildman–Crippen LogP) is 2.36. The first-order valence-electron chi connectivity index (χ1n) is 5.94. The van der Waals surface area contributed by atoms with Gasteiger partial charge in [-0.3, -0.25) is 4.79 Å². The molecule has 0 radical (unpaired) electrons. The van der Waals surface area contributed by atoms with Gasteiger partial charge in [-0.25, -0.2) is 4.39 Å². The third-order valence-corrected chi connectivity index (χ3v) is 2.70. The minimum atomic E-state index is -0.586. The lowest BCUT2D eigenvalue weighted by Crippen LogP contribution is -2.34. The maximum atomic E-state index is 13.5. The Hall–Kier alpha value is -2.30. The molecule has 19 heavy (non-hydrogen) atoms. The fraction of sp³-hybridized carbons (Fsp3) is 0.214. The molecule has 0 aliphatic heterocycles. The molecule has 0 spiro atoms. The predicted molar refractivity (Wildman–Crippen MR) is 70.2 cm³/mol. The lowest BCUT2D eigenvalue weighted by Gasteiger charge is -2.13. The number of hydrogen-bond acceptors (Lipinski definition) is 3. The van der Waals surface area contributed by atoms with Crippen LogP contribution in [-0.2, 0) is 6.42 Å². The summed E-state index contributed by atoms with van der Waals surface area (Å²) in [6.07, 6.45) is 2.12. The van der Waals surface area contributed by atoms with Gasteiger partial charge in [-0.05, 0) is 37.3 Å². The molecule has 0 bridgehead atoms. The number of amides is 1. The summed E-state index contributed by atoms with van der Waals surface area (Å²) in [6.45, 7) is 1.82. The Morgan fingerprint density at radius 2 is 2.26 bits per heavy atom. The van der Waals surface area contributed by atoms with Gasteiger partial charge in [0.1, 0.15) is 11.6 Å². The average Bonchev–Trinajstić information content (AvgIpc) is 2.84. The monoisotopic (exact) mass is 262 g/mol. The Morgan fingerprint density at radius 1 is 1.47 bits per heavy atom. The number of halogens is 1. The molecule has 0 saturated heterocycles. The van der Waals surface area contributed by atoms with E-state index >= 15 is 0 Å². The molecule has 100 valence electrons. The Kier molecular flexibility index (Phi) is 3.85. The van der Waals surface area contributed by atoms with Crippen LogP contribution in [-0.4, -0.2) is 11.9 Å². The zero-order chi connectivity index (χ0) is 13.8. The number of nitrogen functional groups attached to an aromatic ring is 1. The van der Waals surface area contributed by atoms with Crippen molar-refractivity contribution in [2.45, 2.75) is 19.4 Å². The summed E-state index contributed by atoms with van der Waals surface area (Å²) in [7, 11) is 0. The highest BCUT2D eigenvalue weighted by molar-refractivity contribution is 5.95. The highest BCUT2D eigenvalue weighted by atomic mass is 19.1. The molecule has 1 aromatic carbocycles. The van der Waals surface area contributed by atoms with E-state index in [9.17, 15) is 9.18 Å². The topological polar surface area (TPSA) is 68.3 Å². The number of nitrogens with one attached hydrogen (secondary N) is 1. The highest BCUT2D eigenvalue weighted by Gasteiger charge is 2.15. The van der Waals surface area contributed by atoms with Gasteiger partial charge in [0, 0.05) is 18.2 Å². The zero-order valence-corrected chi connectivity index (χ0v) is 10.5. The van der Waals surface area contributed by atoms with Gasteiger partial charge in [0.2, 0.25) is 0 Å². The van der Waals surface area contributed by atoms with Crippen LogP contribution in [0.25, 0.3) is 0 Å². The number of nitrogens with two attached hydrogens (primary N) is 1. The van der Waals surface area contributed by atoms with E-state index in [1.165, 1.54) is 18.2 Å². The van der Waals surface area contributed by atoms with Gasteiger partial charge in [0.05, 0.1) is 11.8 Å². The van der Waals surface area contributed by atoms with Crippen molar-refractivity contribution < 1.29 is 13.6 Å². The number of carbonyl (C=O) groups excluding carboxylic acids is 1. The standard InChI is InChI=1S/C14H15FN2O2/c1-9(7-11-3-2-6-19-11)17-14(18)12-8-10(16)4-5-13(12)15/h2-6,8-9H,7,16H2,1H3,(H,17,18). The lowest BCUT2D eigenvalue weighted by molar-refractivity contribution is 0.0935. The van der Waals surface area contributed by atoms with Gasteiger partial charge in [-0.15, -0.1) is 0 Å². The molecule has 0 fully saturated rings. The number of rotatable bonds is 4. The van der Waals surface area contributed by atoms with Gasteiger partial charge in [-0.1, -0.05) is 0 Å². The van der Waals surface area contributed by atoms with E-state index < -0.39 is 11.7 Å². The number of carbonyl (C=O) groups is 1. The van der Waals surface area contributed by atoms with E-state index in [4.69, 9.17) is 10.2 Å². The third kappa shape index (κ3) is 3.34. The second-order valence-corrected chi connectivity index (χ2v) is 4.40. The number of furan rings is 1. The maximum Gasteiger partial charge on any atom is 0.254 e. The summed E-state index contributed by atoms with van der Waals surface area (Å²) < 4.78 is 18.7. The minimum Gasteiger partial charge on any atom is -0.469 e. The van der Waals surface area contributed by atoms with Crippen molar-refractivity contribution in [1.82, 2.24) is 5.32 Å². The van der Waals surface area contributed by atoms with E-state index in [1.807, 2.05) is 13.0 Å². The molecular weight excluding hydrogens is 247 g/mol. The molecule has 0 aliphatic rings. The molecule has 1 heterocycles. The molecule has 5 heteroatoms. The van der Waals surface area contributed by atoms with Crippen LogP contribution in [0.4, 0.5) is 10.1 Å². The Bertz CT molecular complexity index is 567. The maximum absolute atomic E-state index is 13.5. The van der Waals surface area contributed by atoms with Crippen LogP contribution in [0.3, 0.4) is 0 Å². The molecule has 0 aliphatic carbocycles. The van der Waals surface area contributed by atoms with Crippen LogP contribution in [0, 0.1) is 5.82 Å². The molecular formula is C14H15FN2O2. The summed E-state index contributed by atoms with van der Waals surface area (Å²) in [5.74, 6) is -0.304. The summed E-state index contributed by atoms with van der Waals surface area (Å²) in [5, 5.41) is 2.71. The summed E-state index contributed by atoms with van der Waals surface area (Å²) in [6, 6.07) is 7.36. The number of hydrogen-bond donors (Lipinski definition) is 2. The first kappa shape index (κ1) is 13.1. The normalized spacial score (nSPS) is 12.1. The minimum absolute atomic E-state index is 0.0497. The molecule has 1 unspecified atom stereocenters. The van der Waals surface area contributed by atoms with Gasteiger partial charge in [0.25, 0.3) is 5.91 Å². The molecule has 2 aromatic rings. The van der Waals surface area contributed by atoms with E-state index in [-0.39, 0.29) is 11.6 Å². The summed E-state index contributed by atoms with van der Waals surface area (Å²) in [5.41, 5.74) is 5.85. The lowest BCUT2D eigenvalue weighted by atomic mass is 10.1. The van der Waals surface area contributed by atoms with Crippen LogP contribution >= 0.6 is 0 Å². The largest absolute Gasteiger partial charge is 0.469 e. The van der Waals surface area contributed by atoms with Gasteiger partial charge >= 0.3 is 0 Å². The zero-order valence-electron chi connectivity index (χ0n) is 10.5. The Labute approximate surface area is 110 Å². The van der Waals surface area contributed by atoms with E-state index in [1.54, 1.807) is 12.3 Å². The average molecular weight is 262 g/mol. The second kappa shape index (κ2) is 5.56. The smallest absolute Gasteiger partial charge is 0.254 e. The van der Waals surface area contributed by atoms with Crippen molar-refractivity contribution >= 4 is 11.6 Å². The molecule has 4 nitrogen and oxygen atoms in total. The second-order valence-electron chi connectivity index (χ2n) is 4.40. The molecule has 1 atom stereocenters. The van der Waals surface area contributed by atoms with Crippen molar-refractivity contribution in [3.63, 3.8) is 0 Å².